The van der Waals surface area contributed by atoms with Gasteiger partial charge in [0.2, 0.25) is 0 Å². The maximum absolute atomic E-state index is 12.0. The summed E-state index contributed by atoms with van der Waals surface area (Å²) < 4.78 is 1.85. The van der Waals surface area contributed by atoms with Gasteiger partial charge in [-0.3, -0.25) is 4.57 Å². The minimum atomic E-state index is -0.0155. The highest BCUT2D eigenvalue weighted by atomic mass is 16.1. The molecule has 0 radical (unpaired) electrons. The summed E-state index contributed by atoms with van der Waals surface area (Å²) in [5.41, 5.74) is 1.63. The van der Waals surface area contributed by atoms with Crippen molar-refractivity contribution in [2.45, 2.75) is 52.5 Å². The molecule has 0 saturated heterocycles. The number of imidazole rings is 1. The van der Waals surface area contributed by atoms with Crippen LogP contribution in [0.3, 0.4) is 0 Å². The highest BCUT2D eigenvalue weighted by Gasteiger charge is 2.23. The largest absolute Gasteiger partial charge is 0.327 e. The summed E-state index contributed by atoms with van der Waals surface area (Å²) in [5, 5.41) is 0. The van der Waals surface area contributed by atoms with Crippen LogP contribution in [0.5, 0.6) is 0 Å². The Morgan fingerprint density at radius 3 is 2.63 bits per heavy atom. The Hall–Kier alpha value is -1.58. The number of hydrogen-bond acceptors (Lipinski definition) is 2. The third-order valence-electron chi connectivity index (χ3n) is 3.83. The van der Waals surface area contributed by atoms with Gasteiger partial charge in [-0.15, -0.1) is 0 Å². The van der Waals surface area contributed by atoms with E-state index < -0.39 is 0 Å². The van der Waals surface area contributed by atoms with Crippen molar-refractivity contribution in [3.8, 4) is 0 Å². The smallest absolute Gasteiger partial charge is 0.304 e. The quantitative estimate of drug-likeness (QED) is 0.854. The van der Waals surface area contributed by atoms with Crippen molar-refractivity contribution in [1.29, 1.82) is 0 Å². The molecule has 104 valence electrons. The molecular formula is C15H23N3O. The van der Waals surface area contributed by atoms with Gasteiger partial charge in [0.15, 0.2) is 5.65 Å². The minimum absolute atomic E-state index is 0.0155. The number of aromatic nitrogens is 3. The molecule has 2 aromatic heterocycles. The average molecular weight is 261 g/mol. The van der Waals surface area contributed by atoms with Crippen LogP contribution in [0.15, 0.2) is 23.1 Å². The van der Waals surface area contributed by atoms with E-state index in [1.165, 1.54) is 12.8 Å². The maximum atomic E-state index is 12.0. The van der Waals surface area contributed by atoms with E-state index >= 15 is 0 Å². The van der Waals surface area contributed by atoms with E-state index in [1.54, 1.807) is 6.20 Å². The molecule has 0 bridgehead atoms. The van der Waals surface area contributed by atoms with Crippen LogP contribution in [0.25, 0.3) is 11.2 Å². The Labute approximate surface area is 113 Å². The number of H-pyrrole nitrogens is 1. The molecule has 1 fully saturated rings. The zero-order chi connectivity index (χ0) is 13.8. The second kappa shape index (κ2) is 6.04. The molecule has 0 aliphatic heterocycles. The summed E-state index contributed by atoms with van der Waals surface area (Å²) in [5.74, 6) is 0.792. The van der Waals surface area contributed by atoms with Gasteiger partial charge in [-0.2, -0.15) is 0 Å². The van der Waals surface area contributed by atoms with Crippen LogP contribution in [-0.4, -0.2) is 14.5 Å². The molecule has 0 spiro atoms. The van der Waals surface area contributed by atoms with Crippen LogP contribution < -0.4 is 5.69 Å². The van der Waals surface area contributed by atoms with Gasteiger partial charge in [0.1, 0.15) is 0 Å². The molecule has 4 nitrogen and oxygen atoms in total. The van der Waals surface area contributed by atoms with E-state index in [4.69, 9.17) is 0 Å². The normalized spacial score (nSPS) is 22.9. The first kappa shape index (κ1) is 13.8. The molecule has 1 aliphatic carbocycles. The van der Waals surface area contributed by atoms with Gasteiger partial charge in [0.05, 0.1) is 5.52 Å². The lowest BCUT2D eigenvalue weighted by atomic mass is 9.87. The third kappa shape index (κ3) is 2.72. The molecule has 1 N–H and O–H groups in total. The highest BCUT2D eigenvalue weighted by molar-refractivity contribution is 5.70. The zero-order valence-electron chi connectivity index (χ0n) is 12.0. The standard InChI is InChI=1S/C13H17N3O.C2H6/c1-9-4-6-10(7-5-9)16-12-11(15-13(16)17)3-2-8-14-12;1-2/h2-3,8-10H,4-7H2,1H3,(H,15,17);1-2H3. The molecular weight excluding hydrogens is 238 g/mol. The van der Waals surface area contributed by atoms with Gasteiger partial charge in [-0.25, -0.2) is 9.78 Å². The van der Waals surface area contributed by atoms with Crippen LogP contribution in [0, 0.1) is 5.92 Å². The van der Waals surface area contributed by atoms with Crippen LogP contribution in [0.2, 0.25) is 0 Å². The van der Waals surface area contributed by atoms with Crippen molar-refractivity contribution in [2.24, 2.45) is 5.92 Å². The minimum Gasteiger partial charge on any atom is -0.304 e. The predicted octanol–water partition coefficient (Wildman–Crippen LogP) is 3.50. The number of nitrogens with one attached hydrogen (secondary N) is 1. The van der Waals surface area contributed by atoms with Gasteiger partial charge < -0.3 is 4.98 Å². The van der Waals surface area contributed by atoms with Gasteiger partial charge in [-0.1, -0.05) is 20.8 Å². The SMILES string of the molecule is CC.CC1CCC(n2c(=O)[nH]c3cccnc32)CC1. The van der Waals surface area contributed by atoms with E-state index in [0.29, 0.717) is 6.04 Å². The number of hydrogen-bond donors (Lipinski definition) is 1. The first-order chi connectivity index (χ1) is 9.25. The molecule has 4 heteroatoms. The fourth-order valence-electron chi connectivity index (χ4n) is 2.80. The van der Waals surface area contributed by atoms with Crippen molar-refractivity contribution < 1.29 is 0 Å². The number of fused-ring (bicyclic) bond motifs is 1. The monoisotopic (exact) mass is 261 g/mol. The fourth-order valence-corrected chi connectivity index (χ4v) is 2.80. The summed E-state index contributed by atoms with van der Waals surface area (Å²) in [7, 11) is 0. The van der Waals surface area contributed by atoms with E-state index in [1.807, 2.05) is 30.5 Å². The summed E-state index contributed by atoms with van der Waals surface area (Å²) in [6.45, 7) is 6.28. The first-order valence-corrected chi connectivity index (χ1v) is 7.31. The van der Waals surface area contributed by atoms with Gasteiger partial charge in [0.25, 0.3) is 0 Å². The maximum Gasteiger partial charge on any atom is 0.327 e. The van der Waals surface area contributed by atoms with Crippen LogP contribution in [0.4, 0.5) is 0 Å². The molecule has 2 heterocycles. The lowest BCUT2D eigenvalue weighted by Gasteiger charge is -2.26. The van der Waals surface area contributed by atoms with Crippen LogP contribution in [0.1, 0.15) is 52.5 Å². The molecule has 3 rings (SSSR count). The Bertz CT molecular complexity index is 576. The summed E-state index contributed by atoms with van der Waals surface area (Å²) >= 11 is 0. The Balaban J connectivity index is 0.000000637. The number of nitrogens with zero attached hydrogens (tertiary/aromatic N) is 2. The Morgan fingerprint density at radius 1 is 1.26 bits per heavy atom. The summed E-state index contributed by atoms with van der Waals surface area (Å²) in [6, 6.07) is 4.08. The first-order valence-electron chi connectivity index (χ1n) is 7.31. The van der Waals surface area contributed by atoms with E-state index in [9.17, 15) is 4.79 Å². The molecule has 0 atom stereocenters. The van der Waals surface area contributed by atoms with Crippen molar-refractivity contribution >= 4 is 11.2 Å². The molecule has 1 saturated carbocycles. The highest BCUT2D eigenvalue weighted by Crippen LogP contribution is 2.32. The molecule has 0 amide bonds. The van der Waals surface area contributed by atoms with E-state index in [-0.39, 0.29) is 5.69 Å². The zero-order valence-corrected chi connectivity index (χ0v) is 12.0. The van der Waals surface area contributed by atoms with Gasteiger partial charge in [0, 0.05) is 12.2 Å². The third-order valence-corrected chi connectivity index (χ3v) is 3.83. The van der Waals surface area contributed by atoms with E-state index in [0.717, 1.165) is 29.9 Å². The lowest BCUT2D eigenvalue weighted by Crippen LogP contribution is -2.25. The summed E-state index contributed by atoms with van der Waals surface area (Å²) in [4.78, 5) is 19.2. The second-order valence-electron chi connectivity index (χ2n) is 5.09. The van der Waals surface area contributed by atoms with E-state index in [2.05, 4.69) is 16.9 Å². The molecule has 0 aromatic carbocycles. The Morgan fingerprint density at radius 2 is 1.95 bits per heavy atom. The predicted molar refractivity (Wildman–Crippen MR) is 78.4 cm³/mol. The molecule has 19 heavy (non-hydrogen) atoms. The number of pyridine rings is 1. The average Bonchev–Trinajstić information content (AvgIpc) is 2.78. The fraction of sp³-hybridized carbons (Fsp3) is 0.600. The topological polar surface area (TPSA) is 50.7 Å². The molecule has 2 aromatic rings. The van der Waals surface area contributed by atoms with Crippen molar-refractivity contribution in [2.75, 3.05) is 0 Å². The van der Waals surface area contributed by atoms with Gasteiger partial charge in [-0.05, 0) is 43.7 Å². The number of aromatic amines is 1. The Kier molecular flexibility index (Phi) is 4.40. The molecule has 0 unspecified atom stereocenters. The van der Waals surface area contributed by atoms with Crippen molar-refractivity contribution in [3.63, 3.8) is 0 Å². The van der Waals surface area contributed by atoms with Crippen molar-refractivity contribution in [1.82, 2.24) is 14.5 Å². The second-order valence-corrected chi connectivity index (χ2v) is 5.09. The lowest BCUT2D eigenvalue weighted by molar-refractivity contribution is 0.289. The summed E-state index contributed by atoms with van der Waals surface area (Å²) in [6.07, 6.45) is 6.33. The van der Waals surface area contributed by atoms with Crippen LogP contribution >= 0.6 is 0 Å². The molecule has 1 aliphatic rings. The number of rotatable bonds is 1. The van der Waals surface area contributed by atoms with Crippen molar-refractivity contribution in [3.05, 3.63) is 28.8 Å². The van der Waals surface area contributed by atoms with Gasteiger partial charge >= 0.3 is 5.69 Å². The van der Waals surface area contributed by atoms with Crippen LogP contribution in [-0.2, 0) is 0 Å².